The van der Waals surface area contributed by atoms with E-state index in [2.05, 4.69) is 37.5 Å². The molecule has 0 radical (unpaired) electrons. The van der Waals surface area contributed by atoms with Crippen molar-refractivity contribution in [2.24, 2.45) is 0 Å². The van der Waals surface area contributed by atoms with Gasteiger partial charge in [0.25, 0.3) is 5.56 Å². The Morgan fingerprint density at radius 2 is 1.88 bits per heavy atom. The Hall–Kier alpha value is -3.52. The maximum atomic E-state index is 13.0. The summed E-state index contributed by atoms with van der Waals surface area (Å²) in [7, 11) is 1.65. The van der Waals surface area contributed by atoms with Gasteiger partial charge in [0.2, 0.25) is 0 Å². The van der Waals surface area contributed by atoms with Crippen molar-refractivity contribution in [3.8, 4) is 5.75 Å². The van der Waals surface area contributed by atoms with E-state index in [1.165, 1.54) is 19.3 Å². The monoisotopic (exact) mass is 458 g/mol. The molecule has 0 spiro atoms. The topological polar surface area (TPSA) is 88.9 Å². The summed E-state index contributed by atoms with van der Waals surface area (Å²) in [6.45, 7) is 1.77. The average molecular weight is 459 g/mol. The summed E-state index contributed by atoms with van der Waals surface area (Å²) in [6, 6.07) is 18.3. The van der Waals surface area contributed by atoms with E-state index >= 15 is 0 Å². The number of H-pyrrole nitrogens is 1. The maximum Gasteiger partial charge on any atom is 0.252 e. The van der Waals surface area contributed by atoms with E-state index in [0.29, 0.717) is 25.7 Å². The fourth-order valence-electron chi connectivity index (χ4n) is 4.85. The number of hydrogen-bond acceptors (Lipinski definition) is 6. The van der Waals surface area contributed by atoms with Crippen LogP contribution in [0.4, 0.5) is 0 Å². The van der Waals surface area contributed by atoms with Crippen molar-refractivity contribution < 1.29 is 4.74 Å². The molecule has 0 aliphatic heterocycles. The number of hydrogen-bond donors (Lipinski definition) is 1. The number of pyridine rings is 1. The first-order valence-electron chi connectivity index (χ1n) is 11.9. The summed E-state index contributed by atoms with van der Waals surface area (Å²) in [4.78, 5) is 18.4. The predicted molar refractivity (Wildman–Crippen MR) is 131 cm³/mol. The van der Waals surface area contributed by atoms with E-state index in [1.807, 2.05) is 47.1 Å². The minimum atomic E-state index is -0.0534. The summed E-state index contributed by atoms with van der Waals surface area (Å²) < 4.78 is 7.24. The molecule has 1 saturated carbocycles. The first-order chi connectivity index (χ1) is 16.7. The van der Waals surface area contributed by atoms with Crippen molar-refractivity contribution in [1.29, 1.82) is 0 Å². The van der Waals surface area contributed by atoms with Crippen molar-refractivity contribution in [1.82, 2.24) is 30.1 Å². The highest BCUT2D eigenvalue weighted by atomic mass is 16.5. The van der Waals surface area contributed by atoms with Crippen molar-refractivity contribution in [3.05, 3.63) is 81.9 Å². The molecule has 0 amide bonds. The number of nitrogens with zero attached hydrogens (tertiary/aromatic N) is 5. The molecule has 8 heteroatoms. The molecule has 2 aromatic carbocycles. The second-order valence-corrected chi connectivity index (χ2v) is 9.01. The predicted octanol–water partition coefficient (Wildman–Crippen LogP) is 3.91. The molecule has 176 valence electrons. The molecule has 2 aromatic heterocycles. The van der Waals surface area contributed by atoms with Crippen molar-refractivity contribution in [2.75, 3.05) is 7.11 Å². The lowest BCUT2D eigenvalue weighted by atomic mass is 9.93. The lowest BCUT2D eigenvalue weighted by Crippen LogP contribution is -2.38. The third kappa shape index (κ3) is 5.02. The van der Waals surface area contributed by atoms with Gasteiger partial charge in [-0.1, -0.05) is 49.6 Å². The molecule has 1 N–H and O–H groups in total. The van der Waals surface area contributed by atoms with Crippen LogP contribution in [0.2, 0.25) is 0 Å². The van der Waals surface area contributed by atoms with Crippen LogP contribution in [0.1, 0.15) is 49.1 Å². The Labute approximate surface area is 198 Å². The Bertz CT molecular complexity index is 1290. The van der Waals surface area contributed by atoms with Crippen molar-refractivity contribution >= 4 is 10.9 Å². The molecule has 1 fully saturated rings. The van der Waals surface area contributed by atoms with Crippen LogP contribution in [0.5, 0.6) is 5.75 Å². The highest BCUT2D eigenvalue weighted by Crippen LogP contribution is 2.26. The van der Waals surface area contributed by atoms with Gasteiger partial charge in [-0.2, -0.15) is 0 Å². The molecule has 0 bridgehead atoms. The summed E-state index contributed by atoms with van der Waals surface area (Å²) in [5, 5.41) is 13.5. The lowest BCUT2D eigenvalue weighted by Gasteiger charge is -2.33. The number of ether oxygens (including phenoxy) is 1. The number of benzene rings is 2. The van der Waals surface area contributed by atoms with Gasteiger partial charge in [0.05, 0.1) is 20.2 Å². The third-order valence-corrected chi connectivity index (χ3v) is 6.72. The van der Waals surface area contributed by atoms with Gasteiger partial charge in [0, 0.05) is 29.1 Å². The summed E-state index contributed by atoms with van der Waals surface area (Å²) in [6.07, 6.45) is 5.94. The first-order valence-corrected chi connectivity index (χ1v) is 11.9. The zero-order valence-electron chi connectivity index (χ0n) is 19.5. The summed E-state index contributed by atoms with van der Waals surface area (Å²) in [5.74, 6) is 1.59. The minimum Gasteiger partial charge on any atom is -0.497 e. The number of fused-ring (bicyclic) bond motifs is 1. The Morgan fingerprint density at radius 1 is 1.06 bits per heavy atom. The standard InChI is InChI=1S/C26H30N6O2/c1-34-23-12-13-24-20(15-23)14-21(26(33)27-24)17-31(22-10-6-3-7-11-22)18-25-28-29-30-32(25)16-19-8-4-2-5-9-19/h2,4-5,8-9,12-15,22H,3,6-7,10-11,16-18H2,1H3,(H,27,33). The number of rotatable bonds is 8. The van der Waals surface area contributed by atoms with E-state index in [1.54, 1.807) is 7.11 Å². The maximum absolute atomic E-state index is 13.0. The zero-order valence-corrected chi connectivity index (χ0v) is 19.5. The van der Waals surface area contributed by atoms with Crippen LogP contribution in [0.3, 0.4) is 0 Å². The van der Waals surface area contributed by atoms with Gasteiger partial charge in [-0.3, -0.25) is 9.69 Å². The molecule has 0 saturated heterocycles. The molecular weight excluding hydrogens is 428 g/mol. The Balaban J connectivity index is 1.43. The number of aromatic nitrogens is 5. The molecule has 8 nitrogen and oxygen atoms in total. The fraction of sp³-hybridized carbons (Fsp3) is 0.385. The van der Waals surface area contributed by atoms with Crippen molar-refractivity contribution in [3.63, 3.8) is 0 Å². The number of methoxy groups -OCH3 is 1. The SMILES string of the molecule is COc1ccc2[nH]c(=O)c(CN(Cc3nnnn3Cc3ccccc3)C3CCCCC3)cc2c1. The highest BCUT2D eigenvalue weighted by molar-refractivity contribution is 5.80. The molecule has 1 aliphatic carbocycles. The minimum absolute atomic E-state index is 0.0534. The second kappa shape index (κ2) is 10.2. The number of nitrogens with one attached hydrogen (secondary N) is 1. The summed E-state index contributed by atoms with van der Waals surface area (Å²) in [5.41, 5.74) is 2.65. The van der Waals surface area contributed by atoms with E-state index in [4.69, 9.17) is 4.74 Å². The lowest BCUT2D eigenvalue weighted by molar-refractivity contribution is 0.134. The van der Waals surface area contributed by atoms with E-state index in [-0.39, 0.29) is 5.56 Å². The normalized spacial score (nSPS) is 14.6. The van der Waals surface area contributed by atoms with Gasteiger partial charge >= 0.3 is 0 Å². The molecule has 1 aliphatic rings. The smallest absolute Gasteiger partial charge is 0.252 e. The third-order valence-electron chi connectivity index (χ3n) is 6.72. The zero-order chi connectivity index (χ0) is 23.3. The van der Waals surface area contributed by atoms with Gasteiger partial charge in [-0.15, -0.1) is 5.10 Å². The largest absolute Gasteiger partial charge is 0.497 e. The van der Waals surface area contributed by atoms with Crippen LogP contribution >= 0.6 is 0 Å². The molecule has 0 unspecified atom stereocenters. The highest BCUT2D eigenvalue weighted by Gasteiger charge is 2.24. The summed E-state index contributed by atoms with van der Waals surface area (Å²) >= 11 is 0. The van der Waals surface area contributed by atoms with Crippen LogP contribution in [-0.2, 0) is 19.6 Å². The van der Waals surface area contributed by atoms with Gasteiger partial charge in [-0.25, -0.2) is 4.68 Å². The second-order valence-electron chi connectivity index (χ2n) is 9.01. The Kier molecular flexibility index (Phi) is 6.67. The number of aromatic amines is 1. The van der Waals surface area contributed by atoms with Crippen LogP contribution in [-0.4, -0.2) is 43.2 Å². The van der Waals surface area contributed by atoms with Crippen LogP contribution in [0.25, 0.3) is 10.9 Å². The van der Waals surface area contributed by atoms with Crippen LogP contribution < -0.4 is 10.3 Å². The van der Waals surface area contributed by atoms with Gasteiger partial charge in [0.15, 0.2) is 5.82 Å². The number of tetrazole rings is 1. The van der Waals surface area contributed by atoms with Crippen molar-refractivity contribution in [2.45, 2.75) is 57.8 Å². The quantitative estimate of drug-likeness (QED) is 0.431. The molecular formula is C26H30N6O2. The molecule has 34 heavy (non-hydrogen) atoms. The van der Waals surface area contributed by atoms with Crippen LogP contribution in [0.15, 0.2) is 59.4 Å². The van der Waals surface area contributed by atoms with E-state index in [9.17, 15) is 4.79 Å². The Morgan fingerprint density at radius 3 is 2.68 bits per heavy atom. The van der Waals surface area contributed by atoms with Gasteiger partial charge in [0.1, 0.15) is 5.75 Å². The van der Waals surface area contributed by atoms with Gasteiger partial charge in [-0.05, 0) is 53.1 Å². The van der Waals surface area contributed by atoms with E-state index < -0.39 is 0 Å². The van der Waals surface area contributed by atoms with Gasteiger partial charge < -0.3 is 9.72 Å². The van der Waals surface area contributed by atoms with E-state index in [0.717, 1.165) is 46.4 Å². The first kappa shape index (κ1) is 22.3. The van der Waals surface area contributed by atoms with Crippen LogP contribution in [0, 0.1) is 0 Å². The molecule has 4 aromatic rings. The molecule has 0 atom stereocenters. The molecule has 5 rings (SSSR count). The average Bonchev–Trinajstić information content (AvgIpc) is 3.31. The molecule has 2 heterocycles. The fourth-order valence-corrected chi connectivity index (χ4v) is 4.85.